The standard InChI is InChI=1S/C20H29N5O3S/c1-13(2)24(14(3)4)10-11-25-19(28)16-8-6-7-9-17(16)21-20(25)29-12-18(27)23-22-15(5)26/h6-9,13-14H,10-12H2,1-5H3,(H,22,26)(H,23,27). The van der Waals surface area contributed by atoms with Gasteiger partial charge in [-0.05, 0) is 39.8 Å². The highest BCUT2D eigenvalue weighted by Crippen LogP contribution is 2.18. The molecule has 1 heterocycles. The van der Waals surface area contributed by atoms with E-state index in [1.807, 2.05) is 12.1 Å². The van der Waals surface area contributed by atoms with Crippen LogP contribution in [0.4, 0.5) is 0 Å². The van der Waals surface area contributed by atoms with E-state index >= 15 is 0 Å². The number of thioether (sulfide) groups is 1. The van der Waals surface area contributed by atoms with E-state index in [0.717, 1.165) is 0 Å². The minimum absolute atomic E-state index is 0.0309. The van der Waals surface area contributed by atoms with Crippen LogP contribution >= 0.6 is 11.8 Å². The van der Waals surface area contributed by atoms with Crippen molar-refractivity contribution in [1.29, 1.82) is 0 Å². The number of amides is 2. The second-order valence-electron chi connectivity index (χ2n) is 7.31. The summed E-state index contributed by atoms with van der Waals surface area (Å²) >= 11 is 1.17. The lowest BCUT2D eigenvalue weighted by molar-refractivity contribution is -0.126. The number of carbonyl (C=O) groups is 2. The Balaban J connectivity index is 2.29. The molecular formula is C20H29N5O3S. The van der Waals surface area contributed by atoms with Gasteiger partial charge in [-0.2, -0.15) is 0 Å². The van der Waals surface area contributed by atoms with Gasteiger partial charge >= 0.3 is 0 Å². The third-order valence-electron chi connectivity index (χ3n) is 4.45. The van der Waals surface area contributed by atoms with E-state index in [9.17, 15) is 14.4 Å². The molecule has 0 radical (unpaired) electrons. The molecular weight excluding hydrogens is 390 g/mol. The van der Waals surface area contributed by atoms with E-state index in [4.69, 9.17) is 0 Å². The normalized spacial score (nSPS) is 11.4. The van der Waals surface area contributed by atoms with Crippen molar-refractivity contribution in [3.8, 4) is 0 Å². The summed E-state index contributed by atoms with van der Waals surface area (Å²) in [6, 6.07) is 7.89. The number of nitrogens with one attached hydrogen (secondary N) is 2. The first-order valence-corrected chi connectivity index (χ1v) is 10.6. The first-order chi connectivity index (χ1) is 13.7. The molecule has 2 N–H and O–H groups in total. The van der Waals surface area contributed by atoms with Crippen molar-refractivity contribution in [2.75, 3.05) is 12.3 Å². The van der Waals surface area contributed by atoms with Crippen LogP contribution in [0.2, 0.25) is 0 Å². The van der Waals surface area contributed by atoms with Gasteiger partial charge in [0.05, 0.1) is 16.7 Å². The number of hydrogen-bond donors (Lipinski definition) is 2. The van der Waals surface area contributed by atoms with Gasteiger partial charge in [0.15, 0.2) is 5.16 Å². The molecule has 0 fully saturated rings. The Morgan fingerprint density at radius 1 is 1.14 bits per heavy atom. The predicted molar refractivity (Wildman–Crippen MR) is 116 cm³/mol. The SMILES string of the molecule is CC(=O)NNC(=O)CSc1nc2ccccc2c(=O)n1CCN(C(C)C)C(C)C. The van der Waals surface area contributed by atoms with Crippen LogP contribution < -0.4 is 16.4 Å². The number of para-hydroxylation sites is 1. The number of hydrogen-bond acceptors (Lipinski definition) is 6. The van der Waals surface area contributed by atoms with E-state index < -0.39 is 0 Å². The van der Waals surface area contributed by atoms with Gasteiger partial charge in [0, 0.05) is 32.1 Å². The Labute approximate surface area is 175 Å². The van der Waals surface area contributed by atoms with Gasteiger partial charge in [-0.15, -0.1) is 0 Å². The van der Waals surface area contributed by atoms with E-state index in [1.165, 1.54) is 18.7 Å². The average molecular weight is 420 g/mol. The molecule has 29 heavy (non-hydrogen) atoms. The molecule has 0 saturated carbocycles. The summed E-state index contributed by atoms with van der Waals surface area (Å²) in [5.74, 6) is -0.694. The molecule has 1 aromatic heterocycles. The van der Waals surface area contributed by atoms with Crippen LogP contribution in [0.5, 0.6) is 0 Å². The summed E-state index contributed by atoms with van der Waals surface area (Å²) in [7, 11) is 0. The molecule has 0 aliphatic carbocycles. The number of fused-ring (bicyclic) bond motifs is 1. The summed E-state index contributed by atoms with van der Waals surface area (Å²) in [6.45, 7) is 11.0. The molecule has 8 nitrogen and oxygen atoms in total. The largest absolute Gasteiger partial charge is 0.297 e. The number of benzene rings is 1. The molecule has 2 rings (SSSR count). The lowest BCUT2D eigenvalue weighted by atomic mass is 10.2. The molecule has 0 atom stereocenters. The molecule has 9 heteroatoms. The van der Waals surface area contributed by atoms with Gasteiger partial charge in [0.25, 0.3) is 5.56 Å². The van der Waals surface area contributed by atoms with Crippen molar-refractivity contribution in [3.05, 3.63) is 34.6 Å². The van der Waals surface area contributed by atoms with Crippen molar-refractivity contribution in [3.63, 3.8) is 0 Å². The zero-order valence-electron chi connectivity index (χ0n) is 17.6. The van der Waals surface area contributed by atoms with Crippen LogP contribution in [-0.2, 0) is 16.1 Å². The number of hydrazine groups is 1. The minimum atomic E-state index is -0.370. The fourth-order valence-electron chi connectivity index (χ4n) is 3.11. The smallest absolute Gasteiger partial charge is 0.262 e. The van der Waals surface area contributed by atoms with Crippen LogP contribution in [0, 0.1) is 0 Å². The van der Waals surface area contributed by atoms with Crippen molar-refractivity contribution >= 4 is 34.5 Å². The zero-order valence-corrected chi connectivity index (χ0v) is 18.4. The van der Waals surface area contributed by atoms with Crippen LogP contribution in [0.1, 0.15) is 34.6 Å². The Morgan fingerprint density at radius 2 is 1.79 bits per heavy atom. The molecule has 0 aliphatic heterocycles. The highest BCUT2D eigenvalue weighted by atomic mass is 32.2. The Kier molecular flexibility index (Phi) is 8.21. The molecule has 0 aliphatic rings. The molecule has 2 amide bonds. The van der Waals surface area contributed by atoms with Crippen LogP contribution in [0.15, 0.2) is 34.2 Å². The molecule has 0 spiro atoms. The van der Waals surface area contributed by atoms with Crippen molar-refractivity contribution in [1.82, 2.24) is 25.3 Å². The topological polar surface area (TPSA) is 96.3 Å². The fourth-order valence-corrected chi connectivity index (χ4v) is 3.93. The van der Waals surface area contributed by atoms with Crippen LogP contribution in [0.25, 0.3) is 10.9 Å². The third-order valence-corrected chi connectivity index (χ3v) is 5.42. The molecule has 0 bridgehead atoms. The van der Waals surface area contributed by atoms with E-state index in [-0.39, 0.29) is 23.1 Å². The van der Waals surface area contributed by atoms with Gasteiger partial charge in [0.1, 0.15) is 0 Å². The third kappa shape index (κ3) is 6.30. The van der Waals surface area contributed by atoms with Crippen molar-refractivity contribution in [2.24, 2.45) is 0 Å². The number of aromatic nitrogens is 2. The Bertz CT molecular complexity index is 918. The number of nitrogens with zero attached hydrogens (tertiary/aromatic N) is 3. The molecule has 2 aromatic rings. The molecule has 158 valence electrons. The zero-order chi connectivity index (χ0) is 21.6. The summed E-state index contributed by atoms with van der Waals surface area (Å²) < 4.78 is 1.64. The fraction of sp³-hybridized carbons (Fsp3) is 0.500. The highest BCUT2D eigenvalue weighted by molar-refractivity contribution is 7.99. The quantitative estimate of drug-likeness (QED) is 0.385. The van der Waals surface area contributed by atoms with Gasteiger partial charge < -0.3 is 0 Å². The summed E-state index contributed by atoms with van der Waals surface area (Å²) in [5.41, 5.74) is 5.06. The first-order valence-electron chi connectivity index (χ1n) is 9.64. The predicted octanol–water partition coefficient (Wildman–Crippen LogP) is 1.77. The average Bonchev–Trinajstić information content (AvgIpc) is 2.66. The lowest BCUT2D eigenvalue weighted by Crippen LogP contribution is -2.41. The van der Waals surface area contributed by atoms with Gasteiger partial charge in [-0.25, -0.2) is 4.98 Å². The van der Waals surface area contributed by atoms with Crippen LogP contribution in [0.3, 0.4) is 0 Å². The number of carbonyl (C=O) groups excluding carboxylic acids is 2. The maximum Gasteiger partial charge on any atom is 0.262 e. The first kappa shape index (κ1) is 22.9. The van der Waals surface area contributed by atoms with Gasteiger partial charge in [-0.1, -0.05) is 23.9 Å². The maximum atomic E-state index is 13.1. The minimum Gasteiger partial charge on any atom is -0.297 e. The Morgan fingerprint density at radius 3 is 2.41 bits per heavy atom. The van der Waals surface area contributed by atoms with Crippen molar-refractivity contribution in [2.45, 2.75) is 58.4 Å². The summed E-state index contributed by atoms with van der Waals surface area (Å²) in [5, 5.41) is 1.04. The van der Waals surface area contributed by atoms with Crippen molar-refractivity contribution < 1.29 is 9.59 Å². The van der Waals surface area contributed by atoms with E-state index in [2.05, 4.69) is 48.4 Å². The van der Waals surface area contributed by atoms with Gasteiger partial charge in [-0.3, -0.25) is 34.7 Å². The second kappa shape index (κ2) is 10.4. The van der Waals surface area contributed by atoms with Crippen LogP contribution in [-0.4, -0.2) is 50.6 Å². The maximum absolute atomic E-state index is 13.1. The second-order valence-corrected chi connectivity index (χ2v) is 8.25. The Hall–Kier alpha value is -2.39. The lowest BCUT2D eigenvalue weighted by Gasteiger charge is -2.30. The van der Waals surface area contributed by atoms with Gasteiger partial charge in [0.2, 0.25) is 11.8 Å². The molecule has 0 saturated heterocycles. The number of rotatable bonds is 8. The molecule has 0 unspecified atom stereocenters. The summed E-state index contributed by atoms with van der Waals surface area (Å²) in [6.07, 6.45) is 0. The van der Waals surface area contributed by atoms with E-state index in [1.54, 1.807) is 16.7 Å². The highest BCUT2D eigenvalue weighted by Gasteiger charge is 2.17. The molecule has 1 aromatic carbocycles. The monoisotopic (exact) mass is 419 g/mol. The van der Waals surface area contributed by atoms with E-state index in [0.29, 0.717) is 41.2 Å². The summed E-state index contributed by atoms with van der Waals surface area (Å²) in [4.78, 5) is 42.9.